The second-order valence-electron chi connectivity index (χ2n) is 7.08. The van der Waals surface area contributed by atoms with Crippen LogP contribution in [0.4, 0.5) is 4.39 Å². The van der Waals surface area contributed by atoms with Crippen LogP contribution in [0.1, 0.15) is 41.4 Å². The summed E-state index contributed by atoms with van der Waals surface area (Å²) in [6.07, 6.45) is -0.137. The molecule has 0 aromatic heterocycles. The lowest BCUT2D eigenvalue weighted by Crippen LogP contribution is -2.52. The van der Waals surface area contributed by atoms with Gasteiger partial charge in [0.1, 0.15) is 23.3 Å². The number of hydrogen-bond donors (Lipinski definition) is 3. The van der Waals surface area contributed by atoms with Gasteiger partial charge in [0.25, 0.3) is 0 Å². The quantitative estimate of drug-likeness (QED) is 0.766. The fourth-order valence-electron chi connectivity index (χ4n) is 3.20. The zero-order valence-corrected chi connectivity index (χ0v) is 14.8. The van der Waals surface area contributed by atoms with Crippen LogP contribution in [0.3, 0.4) is 0 Å². The Morgan fingerprint density at radius 3 is 2.62 bits per heavy atom. The fourth-order valence-corrected chi connectivity index (χ4v) is 3.20. The molecule has 4 N–H and O–H groups in total. The van der Waals surface area contributed by atoms with Crippen LogP contribution in [-0.4, -0.2) is 29.3 Å². The molecule has 0 aliphatic carbocycles. The van der Waals surface area contributed by atoms with E-state index in [-0.39, 0.29) is 5.82 Å². The highest BCUT2D eigenvalue weighted by Crippen LogP contribution is 2.40. The molecule has 1 amide bonds. The van der Waals surface area contributed by atoms with Crippen molar-refractivity contribution in [3.05, 3.63) is 65.0 Å². The summed E-state index contributed by atoms with van der Waals surface area (Å²) < 4.78 is 18.9. The van der Waals surface area contributed by atoms with Crippen molar-refractivity contribution in [3.63, 3.8) is 0 Å². The SMILES string of the molecule is CC1(C)Oc2ccc(C(N)=O)cc2C(NCCc2ccc(F)cc2)C1O. The lowest BCUT2D eigenvalue weighted by Gasteiger charge is -2.42. The van der Waals surface area contributed by atoms with Crippen LogP contribution >= 0.6 is 0 Å². The second-order valence-corrected chi connectivity index (χ2v) is 7.08. The summed E-state index contributed by atoms with van der Waals surface area (Å²) in [5, 5.41) is 14.1. The molecule has 2 aromatic carbocycles. The molecular weight excluding hydrogens is 335 g/mol. The zero-order chi connectivity index (χ0) is 18.9. The Kier molecular flexibility index (Phi) is 4.98. The number of amides is 1. The van der Waals surface area contributed by atoms with E-state index in [9.17, 15) is 14.3 Å². The van der Waals surface area contributed by atoms with Crippen LogP contribution < -0.4 is 15.8 Å². The number of ether oxygens (including phenoxy) is 1. The summed E-state index contributed by atoms with van der Waals surface area (Å²) in [5.41, 5.74) is 6.65. The molecule has 0 spiro atoms. The van der Waals surface area contributed by atoms with E-state index < -0.39 is 23.7 Å². The van der Waals surface area contributed by atoms with E-state index >= 15 is 0 Å². The van der Waals surface area contributed by atoms with Crippen molar-refractivity contribution in [1.82, 2.24) is 5.32 Å². The molecule has 138 valence electrons. The number of rotatable bonds is 5. The maximum absolute atomic E-state index is 13.0. The number of aliphatic hydroxyl groups is 1. The number of aliphatic hydroxyl groups excluding tert-OH is 1. The van der Waals surface area contributed by atoms with Gasteiger partial charge in [-0.1, -0.05) is 12.1 Å². The molecule has 3 rings (SSSR count). The Bertz CT molecular complexity index is 805. The van der Waals surface area contributed by atoms with E-state index in [1.54, 1.807) is 30.3 Å². The lowest BCUT2D eigenvalue weighted by molar-refractivity contribution is -0.0644. The summed E-state index contributed by atoms with van der Waals surface area (Å²) in [5.74, 6) is -0.182. The molecule has 1 aliphatic heterocycles. The minimum Gasteiger partial charge on any atom is -0.485 e. The number of hydrogen-bond acceptors (Lipinski definition) is 4. The predicted molar refractivity (Wildman–Crippen MR) is 96.5 cm³/mol. The van der Waals surface area contributed by atoms with Gasteiger partial charge in [-0.25, -0.2) is 4.39 Å². The fraction of sp³-hybridized carbons (Fsp3) is 0.350. The largest absolute Gasteiger partial charge is 0.485 e. The number of carbonyl (C=O) groups is 1. The van der Waals surface area contributed by atoms with Crippen molar-refractivity contribution in [3.8, 4) is 5.75 Å². The third-order valence-corrected chi connectivity index (χ3v) is 4.72. The van der Waals surface area contributed by atoms with Crippen molar-refractivity contribution in [2.75, 3.05) is 6.54 Å². The normalized spacial score (nSPS) is 20.9. The standard InChI is InChI=1S/C20H23FN2O3/c1-20(2)18(24)17(23-10-9-12-3-6-14(21)7-4-12)15-11-13(19(22)25)5-8-16(15)26-20/h3-8,11,17-18,23-24H,9-10H2,1-2H3,(H2,22,25). The smallest absolute Gasteiger partial charge is 0.248 e. The molecular formula is C20H23FN2O3. The first-order valence-electron chi connectivity index (χ1n) is 8.56. The highest BCUT2D eigenvalue weighted by Gasteiger charge is 2.42. The second kappa shape index (κ2) is 7.05. The summed E-state index contributed by atoms with van der Waals surface area (Å²) in [6, 6.07) is 10.9. The van der Waals surface area contributed by atoms with Crippen LogP contribution in [0.5, 0.6) is 5.75 Å². The molecule has 0 saturated carbocycles. The number of benzene rings is 2. The highest BCUT2D eigenvalue weighted by molar-refractivity contribution is 5.93. The van der Waals surface area contributed by atoms with Crippen LogP contribution in [0.25, 0.3) is 0 Å². The van der Waals surface area contributed by atoms with Crippen LogP contribution in [0, 0.1) is 5.82 Å². The number of carbonyl (C=O) groups excluding carboxylic acids is 1. The number of fused-ring (bicyclic) bond motifs is 1. The average molecular weight is 358 g/mol. The third-order valence-electron chi connectivity index (χ3n) is 4.72. The van der Waals surface area contributed by atoms with E-state index in [1.165, 1.54) is 12.1 Å². The Hall–Kier alpha value is -2.44. The van der Waals surface area contributed by atoms with Gasteiger partial charge in [-0.05, 0) is 62.7 Å². The first-order chi connectivity index (χ1) is 12.3. The van der Waals surface area contributed by atoms with Crippen LogP contribution in [-0.2, 0) is 6.42 Å². The van der Waals surface area contributed by atoms with Crippen molar-refractivity contribution < 1.29 is 19.0 Å². The van der Waals surface area contributed by atoms with E-state index in [2.05, 4.69) is 5.32 Å². The highest BCUT2D eigenvalue weighted by atomic mass is 19.1. The number of nitrogens with one attached hydrogen (secondary N) is 1. The predicted octanol–water partition coefficient (Wildman–Crippen LogP) is 2.33. The number of primary amides is 1. The van der Waals surface area contributed by atoms with Gasteiger partial charge in [0, 0.05) is 11.1 Å². The van der Waals surface area contributed by atoms with Gasteiger partial charge in [0.2, 0.25) is 5.91 Å². The van der Waals surface area contributed by atoms with Gasteiger partial charge >= 0.3 is 0 Å². The molecule has 2 unspecified atom stereocenters. The summed E-state index contributed by atoms with van der Waals surface area (Å²) in [4.78, 5) is 11.5. The van der Waals surface area contributed by atoms with Gasteiger partial charge < -0.3 is 20.9 Å². The molecule has 6 heteroatoms. The Labute approximate surface area is 152 Å². The summed E-state index contributed by atoms with van der Waals surface area (Å²) in [7, 11) is 0. The minimum absolute atomic E-state index is 0.267. The Morgan fingerprint density at radius 1 is 1.27 bits per heavy atom. The van der Waals surface area contributed by atoms with Crippen molar-refractivity contribution >= 4 is 5.91 Å². The number of halogens is 1. The first kappa shape index (κ1) is 18.4. The molecule has 2 aromatic rings. The van der Waals surface area contributed by atoms with Gasteiger partial charge in [0.15, 0.2) is 0 Å². The minimum atomic E-state index is -0.814. The number of nitrogens with two attached hydrogens (primary N) is 1. The molecule has 0 fully saturated rings. The van der Waals surface area contributed by atoms with E-state index in [4.69, 9.17) is 10.5 Å². The van der Waals surface area contributed by atoms with E-state index in [1.807, 2.05) is 13.8 Å². The summed E-state index contributed by atoms with van der Waals surface area (Å²) >= 11 is 0. The molecule has 0 saturated heterocycles. The van der Waals surface area contributed by atoms with Crippen molar-refractivity contribution in [1.29, 1.82) is 0 Å². The summed E-state index contributed by atoms with van der Waals surface area (Å²) in [6.45, 7) is 4.21. The van der Waals surface area contributed by atoms with Crippen molar-refractivity contribution in [2.45, 2.75) is 38.0 Å². The molecule has 5 nitrogen and oxygen atoms in total. The van der Waals surface area contributed by atoms with Gasteiger partial charge in [-0.3, -0.25) is 4.79 Å². The van der Waals surface area contributed by atoms with Crippen LogP contribution in [0.15, 0.2) is 42.5 Å². The lowest BCUT2D eigenvalue weighted by atomic mass is 9.85. The Balaban J connectivity index is 1.81. The van der Waals surface area contributed by atoms with Crippen LogP contribution in [0.2, 0.25) is 0 Å². The molecule has 26 heavy (non-hydrogen) atoms. The van der Waals surface area contributed by atoms with Gasteiger partial charge in [0.05, 0.1) is 6.04 Å². The van der Waals surface area contributed by atoms with Gasteiger partial charge in [-0.2, -0.15) is 0 Å². The molecule has 0 radical (unpaired) electrons. The first-order valence-corrected chi connectivity index (χ1v) is 8.56. The Morgan fingerprint density at radius 2 is 1.96 bits per heavy atom. The van der Waals surface area contributed by atoms with E-state index in [0.717, 1.165) is 5.56 Å². The van der Waals surface area contributed by atoms with Gasteiger partial charge in [-0.15, -0.1) is 0 Å². The zero-order valence-electron chi connectivity index (χ0n) is 14.8. The maximum Gasteiger partial charge on any atom is 0.248 e. The monoisotopic (exact) mass is 358 g/mol. The van der Waals surface area contributed by atoms with E-state index in [0.29, 0.717) is 29.8 Å². The molecule has 1 heterocycles. The van der Waals surface area contributed by atoms with Crippen molar-refractivity contribution in [2.24, 2.45) is 5.73 Å². The third kappa shape index (κ3) is 3.71. The molecule has 2 atom stereocenters. The topological polar surface area (TPSA) is 84.6 Å². The average Bonchev–Trinajstić information content (AvgIpc) is 2.59. The maximum atomic E-state index is 13.0. The molecule has 0 bridgehead atoms. The molecule has 1 aliphatic rings.